The lowest BCUT2D eigenvalue weighted by Crippen LogP contribution is -2.55. The highest BCUT2D eigenvalue weighted by atomic mass is 16.5. The number of hydrogen-bond donors (Lipinski definition) is 1. The molecule has 2 rings (SSSR count). The van der Waals surface area contributed by atoms with Crippen LogP contribution in [0.3, 0.4) is 0 Å². The number of amides is 2. The fourth-order valence-corrected chi connectivity index (χ4v) is 3.19. The molecular formula is C19H35N5O4. The molecule has 9 nitrogen and oxygen atoms in total. The van der Waals surface area contributed by atoms with E-state index in [0.717, 1.165) is 31.8 Å². The van der Waals surface area contributed by atoms with Crippen LogP contribution in [0.4, 0.5) is 0 Å². The third kappa shape index (κ3) is 6.94. The standard InChI is InChI=1S/C19H35N5O4/c1-4-27-13-6-8-20-19(21-15-17(25)22(2)3)24-11-9-23(10-12-24)18(26)16-7-5-14-28-16/h16H,4-15H2,1-3H3,(H,20,21). The van der Waals surface area contributed by atoms with E-state index in [1.165, 1.54) is 4.90 Å². The normalized spacial score (nSPS) is 20.4. The van der Waals surface area contributed by atoms with Crippen molar-refractivity contribution in [2.24, 2.45) is 4.99 Å². The van der Waals surface area contributed by atoms with Crippen molar-refractivity contribution >= 4 is 17.8 Å². The van der Waals surface area contributed by atoms with Gasteiger partial charge in [0, 0.05) is 66.6 Å². The largest absolute Gasteiger partial charge is 0.382 e. The van der Waals surface area contributed by atoms with Gasteiger partial charge in [-0.1, -0.05) is 0 Å². The Bertz CT molecular complexity index is 526. The van der Waals surface area contributed by atoms with Crippen molar-refractivity contribution in [3.05, 3.63) is 0 Å². The number of nitrogens with zero attached hydrogens (tertiary/aromatic N) is 4. The molecule has 28 heavy (non-hydrogen) atoms. The summed E-state index contributed by atoms with van der Waals surface area (Å²) in [6.45, 7) is 7.54. The molecule has 0 aromatic rings. The first-order valence-electron chi connectivity index (χ1n) is 10.2. The van der Waals surface area contributed by atoms with Crippen molar-refractivity contribution in [2.45, 2.75) is 32.3 Å². The number of nitrogens with one attached hydrogen (secondary N) is 1. The van der Waals surface area contributed by atoms with Crippen molar-refractivity contribution in [3.8, 4) is 0 Å². The van der Waals surface area contributed by atoms with Crippen molar-refractivity contribution in [2.75, 3.05) is 73.2 Å². The van der Waals surface area contributed by atoms with Crippen LogP contribution in [0.1, 0.15) is 26.2 Å². The Morgan fingerprint density at radius 2 is 1.93 bits per heavy atom. The van der Waals surface area contributed by atoms with Crippen molar-refractivity contribution < 1.29 is 19.1 Å². The van der Waals surface area contributed by atoms with Gasteiger partial charge in [-0.3, -0.25) is 9.59 Å². The summed E-state index contributed by atoms with van der Waals surface area (Å²) in [7, 11) is 3.45. The van der Waals surface area contributed by atoms with Crippen LogP contribution in [-0.4, -0.2) is 112 Å². The number of aliphatic imine (C=N–C) groups is 1. The second kappa shape index (κ2) is 11.9. The number of carbonyl (C=O) groups excluding carboxylic acids is 2. The number of ether oxygens (including phenoxy) is 2. The van der Waals surface area contributed by atoms with Gasteiger partial charge in [-0.15, -0.1) is 0 Å². The minimum atomic E-state index is -0.269. The highest BCUT2D eigenvalue weighted by molar-refractivity contribution is 5.85. The second-order valence-corrected chi connectivity index (χ2v) is 7.22. The molecule has 2 aliphatic rings. The number of likely N-dealkylation sites (N-methyl/N-ethyl adjacent to an activating group) is 1. The highest BCUT2D eigenvalue weighted by Gasteiger charge is 2.31. The van der Waals surface area contributed by atoms with Gasteiger partial charge in [-0.25, -0.2) is 4.99 Å². The Morgan fingerprint density at radius 3 is 2.54 bits per heavy atom. The van der Waals surface area contributed by atoms with E-state index in [0.29, 0.717) is 46.0 Å². The SMILES string of the molecule is CCOCCCNC(=NCC(=O)N(C)C)N1CCN(C(=O)C2CCCO2)CC1. The minimum Gasteiger partial charge on any atom is -0.382 e. The van der Waals surface area contributed by atoms with Gasteiger partial charge in [0.2, 0.25) is 5.91 Å². The third-order valence-corrected chi connectivity index (χ3v) is 4.91. The lowest BCUT2D eigenvalue weighted by molar-refractivity contribution is -0.142. The van der Waals surface area contributed by atoms with Crippen LogP contribution in [0.25, 0.3) is 0 Å². The van der Waals surface area contributed by atoms with Crippen LogP contribution >= 0.6 is 0 Å². The lowest BCUT2D eigenvalue weighted by atomic mass is 10.2. The van der Waals surface area contributed by atoms with Crippen LogP contribution in [0.2, 0.25) is 0 Å². The summed E-state index contributed by atoms with van der Waals surface area (Å²) in [5.41, 5.74) is 0. The van der Waals surface area contributed by atoms with Gasteiger partial charge in [0.25, 0.3) is 5.91 Å². The van der Waals surface area contributed by atoms with Gasteiger partial charge in [0.05, 0.1) is 0 Å². The minimum absolute atomic E-state index is 0.0409. The molecule has 0 aliphatic carbocycles. The third-order valence-electron chi connectivity index (χ3n) is 4.91. The van der Waals surface area contributed by atoms with Crippen molar-refractivity contribution in [3.63, 3.8) is 0 Å². The highest BCUT2D eigenvalue weighted by Crippen LogP contribution is 2.16. The molecular weight excluding hydrogens is 362 g/mol. The fourth-order valence-electron chi connectivity index (χ4n) is 3.19. The van der Waals surface area contributed by atoms with Gasteiger partial charge in [-0.2, -0.15) is 0 Å². The quantitative estimate of drug-likeness (QED) is 0.346. The average molecular weight is 398 g/mol. The van der Waals surface area contributed by atoms with Crippen molar-refractivity contribution in [1.82, 2.24) is 20.0 Å². The summed E-state index contributed by atoms with van der Waals surface area (Å²) in [5.74, 6) is 0.778. The molecule has 0 radical (unpaired) electrons. The van der Waals surface area contributed by atoms with Crippen LogP contribution in [0, 0.1) is 0 Å². The molecule has 160 valence electrons. The molecule has 0 aromatic carbocycles. The van der Waals surface area contributed by atoms with Crippen LogP contribution in [-0.2, 0) is 19.1 Å². The first-order valence-corrected chi connectivity index (χ1v) is 10.2. The molecule has 2 heterocycles. The number of guanidine groups is 1. The maximum Gasteiger partial charge on any atom is 0.251 e. The predicted octanol–water partition coefficient (Wildman–Crippen LogP) is -0.230. The Kier molecular flexibility index (Phi) is 9.49. The zero-order chi connectivity index (χ0) is 20.4. The Hall–Kier alpha value is -1.87. The molecule has 2 amide bonds. The van der Waals surface area contributed by atoms with E-state index in [9.17, 15) is 9.59 Å². The topological polar surface area (TPSA) is 86.7 Å². The number of hydrogen-bond acceptors (Lipinski definition) is 5. The second-order valence-electron chi connectivity index (χ2n) is 7.22. The Morgan fingerprint density at radius 1 is 1.21 bits per heavy atom. The first-order chi connectivity index (χ1) is 13.5. The van der Waals surface area contributed by atoms with Gasteiger partial charge < -0.3 is 29.5 Å². The van der Waals surface area contributed by atoms with Gasteiger partial charge in [-0.05, 0) is 26.2 Å². The number of piperazine rings is 1. The van der Waals surface area contributed by atoms with Crippen LogP contribution < -0.4 is 5.32 Å². The predicted molar refractivity (Wildman–Crippen MR) is 107 cm³/mol. The number of rotatable bonds is 8. The zero-order valence-electron chi connectivity index (χ0n) is 17.5. The molecule has 2 aliphatic heterocycles. The van der Waals surface area contributed by atoms with E-state index < -0.39 is 0 Å². The van der Waals surface area contributed by atoms with E-state index in [1.54, 1.807) is 14.1 Å². The molecule has 0 saturated carbocycles. The smallest absolute Gasteiger partial charge is 0.251 e. The summed E-state index contributed by atoms with van der Waals surface area (Å²) in [5, 5.41) is 3.34. The van der Waals surface area contributed by atoms with Crippen LogP contribution in [0.15, 0.2) is 4.99 Å². The summed E-state index contributed by atoms with van der Waals surface area (Å²) in [4.78, 5) is 34.5. The maximum absolute atomic E-state index is 12.5. The Balaban J connectivity index is 1.87. The number of carbonyl (C=O) groups is 2. The molecule has 0 bridgehead atoms. The summed E-state index contributed by atoms with van der Waals surface area (Å²) >= 11 is 0. The monoisotopic (exact) mass is 397 g/mol. The molecule has 1 N–H and O–H groups in total. The molecule has 2 fully saturated rings. The van der Waals surface area contributed by atoms with E-state index in [-0.39, 0.29) is 24.5 Å². The molecule has 0 spiro atoms. The van der Waals surface area contributed by atoms with Gasteiger partial charge in [0.15, 0.2) is 5.96 Å². The molecule has 9 heteroatoms. The molecule has 2 saturated heterocycles. The van der Waals surface area contributed by atoms with E-state index in [2.05, 4.69) is 15.2 Å². The average Bonchev–Trinajstić information content (AvgIpc) is 3.24. The summed E-state index contributed by atoms with van der Waals surface area (Å²) in [6, 6.07) is 0. The van der Waals surface area contributed by atoms with Gasteiger partial charge >= 0.3 is 0 Å². The fraction of sp³-hybridized carbons (Fsp3) is 0.842. The lowest BCUT2D eigenvalue weighted by Gasteiger charge is -2.37. The van der Waals surface area contributed by atoms with E-state index in [1.807, 2.05) is 11.8 Å². The van der Waals surface area contributed by atoms with Gasteiger partial charge in [0.1, 0.15) is 12.6 Å². The van der Waals surface area contributed by atoms with Crippen molar-refractivity contribution in [1.29, 1.82) is 0 Å². The van der Waals surface area contributed by atoms with E-state index >= 15 is 0 Å². The molecule has 1 atom stereocenters. The van der Waals surface area contributed by atoms with Crippen LogP contribution in [0.5, 0.6) is 0 Å². The zero-order valence-corrected chi connectivity index (χ0v) is 17.5. The summed E-state index contributed by atoms with van der Waals surface area (Å²) < 4.78 is 10.9. The maximum atomic E-state index is 12.5. The van der Waals surface area contributed by atoms with E-state index in [4.69, 9.17) is 9.47 Å². The molecule has 1 unspecified atom stereocenters. The molecule has 0 aromatic heterocycles. The Labute approximate surface area is 168 Å². The first kappa shape index (κ1) is 22.4. The summed E-state index contributed by atoms with van der Waals surface area (Å²) in [6.07, 6.45) is 2.37.